The maximum Gasteiger partial charge on any atom is 0.271 e. The van der Waals surface area contributed by atoms with E-state index in [4.69, 9.17) is 0 Å². The second-order valence-electron chi connectivity index (χ2n) is 6.01. The van der Waals surface area contributed by atoms with Crippen LogP contribution in [0, 0.1) is 0 Å². The van der Waals surface area contributed by atoms with Gasteiger partial charge in [-0.05, 0) is 43.7 Å². The van der Waals surface area contributed by atoms with Crippen LogP contribution in [0.15, 0.2) is 64.8 Å². The number of carbonyl (C=O) groups excluding carboxylic acids is 1. The lowest BCUT2D eigenvalue weighted by Crippen LogP contribution is -2.35. The average Bonchev–Trinajstić information content (AvgIpc) is 3.17. The minimum absolute atomic E-state index is 0.0824. The Balaban J connectivity index is 1.77. The molecule has 0 radical (unpaired) electrons. The normalized spacial score (nSPS) is 12.1. The number of rotatable bonds is 6. The van der Waals surface area contributed by atoms with Gasteiger partial charge in [0.25, 0.3) is 11.5 Å². The molecule has 26 heavy (non-hydrogen) atoms. The van der Waals surface area contributed by atoms with E-state index in [1.165, 1.54) is 21.7 Å². The van der Waals surface area contributed by atoms with Gasteiger partial charge in [-0.25, -0.2) is 0 Å². The van der Waals surface area contributed by atoms with Crippen LogP contribution in [0.2, 0.25) is 0 Å². The summed E-state index contributed by atoms with van der Waals surface area (Å²) in [6.45, 7) is 0.457. The molecule has 134 valence electrons. The summed E-state index contributed by atoms with van der Waals surface area (Å²) in [6, 6.07) is 16.0. The smallest absolute Gasteiger partial charge is 0.271 e. The molecule has 0 aliphatic heterocycles. The number of thiophene rings is 1. The van der Waals surface area contributed by atoms with Gasteiger partial charge < -0.3 is 10.2 Å². The summed E-state index contributed by atoms with van der Waals surface area (Å²) in [4.78, 5) is 27.8. The van der Waals surface area contributed by atoms with E-state index in [0.29, 0.717) is 12.2 Å². The van der Waals surface area contributed by atoms with Gasteiger partial charge in [-0.2, -0.15) is 9.78 Å². The van der Waals surface area contributed by atoms with Gasteiger partial charge in [-0.1, -0.05) is 24.3 Å². The van der Waals surface area contributed by atoms with Gasteiger partial charge in [0.2, 0.25) is 0 Å². The fourth-order valence-electron chi connectivity index (χ4n) is 2.58. The molecule has 0 saturated carbocycles. The molecule has 1 N–H and O–H groups in total. The Morgan fingerprint density at radius 3 is 2.58 bits per heavy atom. The van der Waals surface area contributed by atoms with Crippen LogP contribution < -0.4 is 10.9 Å². The molecule has 1 unspecified atom stereocenters. The predicted octanol–water partition coefficient (Wildman–Crippen LogP) is 2.33. The van der Waals surface area contributed by atoms with Crippen LogP contribution in [0.25, 0.3) is 5.69 Å². The quantitative estimate of drug-likeness (QED) is 0.725. The number of para-hydroxylation sites is 1. The third-order valence-corrected chi connectivity index (χ3v) is 4.96. The van der Waals surface area contributed by atoms with Crippen LogP contribution >= 0.6 is 11.3 Å². The molecular formula is C19H20N4O2S. The van der Waals surface area contributed by atoms with Gasteiger partial charge in [-0.15, -0.1) is 11.3 Å². The third-order valence-electron chi connectivity index (χ3n) is 3.98. The summed E-state index contributed by atoms with van der Waals surface area (Å²) in [5.74, 6) is -0.307. The fraction of sp³-hybridized carbons (Fsp3) is 0.211. The van der Waals surface area contributed by atoms with Crippen molar-refractivity contribution >= 4 is 17.2 Å². The van der Waals surface area contributed by atoms with Crippen LogP contribution in [-0.2, 0) is 0 Å². The lowest BCUT2D eigenvalue weighted by Gasteiger charge is -2.23. The highest BCUT2D eigenvalue weighted by atomic mass is 32.1. The molecule has 3 rings (SSSR count). The minimum Gasteiger partial charge on any atom is -0.349 e. The SMILES string of the molecule is CN(C)C(CNC(=O)c1ccc(=O)n(-c2ccccc2)n1)c1cccs1. The molecule has 0 fully saturated rings. The molecule has 1 aromatic carbocycles. The molecule has 0 spiro atoms. The molecule has 3 aromatic rings. The standard InChI is InChI=1S/C19H20N4O2S/c1-22(2)16(17-9-6-12-26-17)13-20-19(25)15-10-11-18(24)23(21-15)14-7-4-3-5-8-14/h3-12,16H,13H2,1-2H3,(H,20,25). The number of aromatic nitrogens is 2. The Hall–Kier alpha value is -2.77. The topological polar surface area (TPSA) is 67.2 Å². The largest absolute Gasteiger partial charge is 0.349 e. The van der Waals surface area contributed by atoms with Crippen molar-refractivity contribution in [1.29, 1.82) is 0 Å². The summed E-state index contributed by atoms with van der Waals surface area (Å²) < 4.78 is 1.23. The van der Waals surface area contributed by atoms with Gasteiger partial charge >= 0.3 is 0 Å². The fourth-order valence-corrected chi connectivity index (χ4v) is 3.51. The molecule has 0 aliphatic rings. The second-order valence-corrected chi connectivity index (χ2v) is 6.99. The van der Waals surface area contributed by atoms with Crippen molar-refractivity contribution in [3.63, 3.8) is 0 Å². The molecule has 7 heteroatoms. The summed E-state index contributed by atoms with van der Waals surface area (Å²) in [7, 11) is 3.95. The zero-order valence-electron chi connectivity index (χ0n) is 14.6. The minimum atomic E-state index is -0.307. The first-order valence-corrected chi connectivity index (χ1v) is 9.08. The highest BCUT2D eigenvalue weighted by molar-refractivity contribution is 7.10. The molecule has 2 aromatic heterocycles. The van der Waals surface area contributed by atoms with Crippen LogP contribution in [0.1, 0.15) is 21.4 Å². The van der Waals surface area contributed by atoms with E-state index >= 15 is 0 Å². The van der Waals surface area contributed by atoms with Crippen molar-refractivity contribution < 1.29 is 4.79 Å². The van der Waals surface area contributed by atoms with Crippen LogP contribution in [0.4, 0.5) is 0 Å². The van der Waals surface area contributed by atoms with E-state index in [0.717, 1.165) is 0 Å². The van der Waals surface area contributed by atoms with Crippen molar-refractivity contribution in [2.75, 3.05) is 20.6 Å². The molecule has 2 heterocycles. The Kier molecular flexibility index (Phi) is 5.60. The Labute approximate surface area is 155 Å². The Morgan fingerprint density at radius 2 is 1.92 bits per heavy atom. The van der Waals surface area contributed by atoms with E-state index in [1.54, 1.807) is 23.5 Å². The van der Waals surface area contributed by atoms with E-state index in [9.17, 15) is 9.59 Å². The first-order chi connectivity index (χ1) is 12.6. The number of nitrogens with one attached hydrogen (secondary N) is 1. The van der Waals surface area contributed by atoms with Crippen LogP contribution in [-0.4, -0.2) is 41.2 Å². The molecule has 0 saturated heterocycles. The molecule has 6 nitrogen and oxygen atoms in total. The molecular weight excluding hydrogens is 348 g/mol. The molecule has 1 amide bonds. The summed E-state index contributed by atoms with van der Waals surface area (Å²) in [6.07, 6.45) is 0. The molecule has 1 atom stereocenters. The second kappa shape index (κ2) is 8.07. The first kappa shape index (κ1) is 18.0. The first-order valence-electron chi connectivity index (χ1n) is 8.20. The van der Waals surface area contributed by atoms with E-state index in [2.05, 4.69) is 21.4 Å². The maximum absolute atomic E-state index is 12.5. The Morgan fingerprint density at radius 1 is 1.15 bits per heavy atom. The van der Waals surface area contributed by atoms with Gasteiger partial charge in [0.05, 0.1) is 11.7 Å². The number of carbonyl (C=O) groups is 1. The summed E-state index contributed by atoms with van der Waals surface area (Å²) >= 11 is 1.65. The van der Waals surface area contributed by atoms with E-state index < -0.39 is 0 Å². The zero-order chi connectivity index (χ0) is 18.5. The number of benzene rings is 1. The molecule has 0 bridgehead atoms. The number of hydrogen-bond donors (Lipinski definition) is 1. The van der Waals surface area contributed by atoms with Crippen molar-refractivity contribution in [3.8, 4) is 5.69 Å². The Bertz CT molecular complexity index is 920. The van der Waals surface area contributed by atoms with Crippen molar-refractivity contribution in [1.82, 2.24) is 20.0 Å². The van der Waals surface area contributed by atoms with Crippen LogP contribution in [0.3, 0.4) is 0 Å². The zero-order valence-corrected chi connectivity index (χ0v) is 15.4. The lowest BCUT2D eigenvalue weighted by atomic mass is 10.2. The highest BCUT2D eigenvalue weighted by Crippen LogP contribution is 2.22. The van der Waals surface area contributed by atoms with Crippen molar-refractivity contribution in [3.05, 3.63) is 80.9 Å². The summed E-state index contributed by atoms with van der Waals surface area (Å²) in [5.41, 5.74) is 0.548. The van der Waals surface area contributed by atoms with E-state index in [1.807, 2.05) is 43.7 Å². The number of nitrogens with zero attached hydrogens (tertiary/aromatic N) is 3. The number of likely N-dealkylation sites (N-methyl/N-ethyl adjacent to an activating group) is 1. The third kappa shape index (κ3) is 4.07. The van der Waals surface area contributed by atoms with Crippen LogP contribution in [0.5, 0.6) is 0 Å². The van der Waals surface area contributed by atoms with Gasteiger partial charge in [-0.3, -0.25) is 9.59 Å². The summed E-state index contributed by atoms with van der Waals surface area (Å²) in [5, 5.41) is 9.14. The number of hydrogen-bond acceptors (Lipinski definition) is 5. The number of amides is 1. The molecule has 0 aliphatic carbocycles. The van der Waals surface area contributed by atoms with Gasteiger partial charge in [0.15, 0.2) is 0 Å². The van der Waals surface area contributed by atoms with Crippen molar-refractivity contribution in [2.24, 2.45) is 0 Å². The van der Waals surface area contributed by atoms with E-state index in [-0.39, 0.29) is 23.2 Å². The van der Waals surface area contributed by atoms with Gasteiger partial charge in [0.1, 0.15) is 5.69 Å². The maximum atomic E-state index is 12.5. The monoisotopic (exact) mass is 368 g/mol. The van der Waals surface area contributed by atoms with Gasteiger partial charge in [0, 0.05) is 17.5 Å². The highest BCUT2D eigenvalue weighted by Gasteiger charge is 2.18. The predicted molar refractivity (Wildman–Crippen MR) is 103 cm³/mol. The van der Waals surface area contributed by atoms with Crippen molar-refractivity contribution in [2.45, 2.75) is 6.04 Å². The average molecular weight is 368 g/mol. The lowest BCUT2D eigenvalue weighted by molar-refractivity contribution is 0.0935.